The number of nitrogens with zero attached hydrogens (tertiary/aromatic N) is 1. The van der Waals surface area contributed by atoms with Gasteiger partial charge in [-0.1, -0.05) is 12.8 Å². The summed E-state index contributed by atoms with van der Waals surface area (Å²) in [4.78, 5) is 4.04. The average molecular weight is 290 g/mol. The lowest BCUT2D eigenvalue weighted by atomic mass is 9.95. The van der Waals surface area contributed by atoms with Gasteiger partial charge in [0.05, 0.1) is 15.5 Å². The van der Waals surface area contributed by atoms with E-state index in [4.69, 9.17) is 11.6 Å². The third-order valence-electron chi connectivity index (χ3n) is 2.79. The fourth-order valence-corrected chi connectivity index (χ4v) is 2.65. The van der Waals surface area contributed by atoms with Gasteiger partial charge in [-0.3, -0.25) is 4.98 Å². The monoisotopic (exact) mass is 288 g/mol. The molecule has 1 fully saturated rings. The minimum atomic E-state index is 0.249. The second-order valence-electron chi connectivity index (χ2n) is 3.91. The third-order valence-corrected chi connectivity index (χ3v) is 3.95. The Morgan fingerprint density at radius 1 is 1.40 bits per heavy atom. The van der Waals surface area contributed by atoms with E-state index in [-0.39, 0.29) is 5.38 Å². The molecule has 2 nitrogen and oxygen atoms in total. The molecule has 0 aliphatic heterocycles. The van der Waals surface area contributed by atoms with Crippen LogP contribution >= 0.6 is 27.5 Å². The number of rotatable bonds is 2. The van der Waals surface area contributed by atoms with E-state index in [0.29, 0.717) is 6.04 Å². The largest absolute Gasteiger partial charge is 0.380 e. The molecule has 1 aliphatic rings. The lowest BCUT2D eigenvalue weighted by molar-refractivity contribution is 0.469. The lowest BCUT2D eigenvalue weighted by Gasteiger charge is -2.29. The molecule has 0 radical (unpaired) electrons. The Morgan fingerprint density at radius 2 is 2.20 bits per heavy atom. The Morgan fingerprint density at radius 3 is 2.93 bits per heavy atom. The van der Waals surface area contributed by atoms with Gasteiger partial charge < -0.3 is 5.32 Å². The normalized spacial score (nSPS) is 26.3. The first-order valence-electron chi connectivity index (χ1n) is 5.27. The van der Waals surface area contributed by atoms with E-state index in [9.17, 15) is 0 Å². The summed E-state index contributed by atoms with van der Waals surface area (Å²) >= 11 is 9.77. The van der Waals surface area contributed by atoms with Crippen molar-refractivity contribution >= 4 is 33.2 Å². The van der Waals surface area contributed by atoms with Gasteiger partial charge in [0, 0.05) is 18.4 Å². The van der Waals surface area contributed by atoms with E-state index in [2.05, 4.69) is 26.2 Å². The Hall–Kier alpha value is -0.280. The van der Waals surface area contributed by atoms with Crippen LogP contribution < -0.4 is 5.32 Å². The molecule has 15 heavy (non-hydrogen) atoms. The number of alkyl halides is 1. The molecule has 1 aromatic heterocycles. The van der Waals surface area contributed by atoms with Crippen LogP contribution in [0.5, 0.6) is 0 Å². The fraction of sp³-hybridized carbons (Fsp3) is 0.545. The molecule has 1 aliphatic carbocycles. The Balaban J connectivity index is 2.04. The zero-order chi connectivity index (χ0) is 10.7. The predicted octanol–water partition coefficient (Wildman–Crippen LogP) is 3.81. The van der Waals surface area contributed by atoms with Crippen LogP contribution in [0.15, 0.2) is 22.9 Å². The van der Waals surface area contributed by atoms with E-state index in [1.165, 1.54) is 12.8 Å². The number of halogens is 2. The van der Waals surface area contributed by atoms with Gasteiger partial charge in [0.1, 0.15) is 0 Å². The number of aromatic nitrogens is 1. The number of nitrogens with one attached hydrogen (secondary N) is 1. The first-order valence-corrected chi connectivity index (χ1v) is 6.50. The molecule has 4 heteroatoms. The van der Waals surface area contributed by atoms with Crippen molar-refractivity contribution in [3.63, 3.8) is 0 Å². The highest BCUT2D eigenvalue weighted by atomic mass is 79.9. The molecule has 82 valence electrons. The standard InChI is InChI=1S/C11H14BrClN2/c12-8-7-14-6-5-10(8)15-11-4-2-1-3-9(11)13/h5-7,9,11H,1-4H2,(H,14,15). The zero-order valence-corrected chi connectivity index (χ0v) is 10.8. The van der Waals surface area contributed by atoms with E-state index < -0.39 is 0 Å². The van der Waals surface area contributed by atoms with Crippen LogP contribution in [0.1, 0.15) is 25.7 Å². The Bertz CT molecular complexity index is 332. The third kappa shape index (κ3) is 2.85. The van der Waals surface area contributed by atoms with Crippen molar-refractivity contribution in [1.82, 2.24) is 4.98 Å². The van der Waals surface area contributed by atoms with Gasteiger partial charge in [0.25, 0.3) is 0 Å². The van der Waals surface area contributed by atoms with E-state index in [1.54, 1.807) is 12.4 Å². The smallest absolute Gasteiger partial charge is 0.0590 e. The van der Waals surface area contributed by atoms with Gasteiger partial charge >= 0.3 is 0 Å². The molecule has 0 spiro atoms. The summed E-state index contributed by atoms with van der Waals surface area (Å²) in [7, 11) is 0. The van der Waals surface area contributed by atoms with Crippen molar-refractivity contribution < 1.29 is 0 Å². The maximum atomic E-state index is 6.29. The molecule has 1 aromatic rings. The first kappa shape index (κ1) is 11.2. The van der Waals surface area contributed by atoms with Crippen LogP contribution in [0.2, 0.25) is 0 Å². The summed E-state index contributed by atoms with van der Waals surface area (Å²) in [6.45, 7) is 0. The number of hydrogen-bond donors (Lipinski definition) is 1. The molecule has 2 unspecified atom stereocenters. The van der Waals surface area contributed by atoms with Crippen molar-refractivity contribution in [2.75, 3.05) is 5.32 Å². The first-order chi connectivity index (χ1) is 7.27. The molecule has 1 heterocycles. The number of hydrogen-bond acceptors (Lipinski definition) is 2. The fourth-order valence-electron chi connectivity index (χ4n) is 1.94. The molecule has 0 amide bonds. The lowest BCUT2D eigenvalue weighted by Crippen LogP contribution is -2.32. The molecular formula is C11H14BrClN2. The maximum absolute atomic E-state index is 6.29. The molecule has 0 bridgehead atoms. The van der Waals surface area contributed by atoms with Gasteiger partial charge in [-0.2, -0.15) is 0 Å². The van der Waals surface area contributed by atoms with Crippen LogP contribution in [0.25, 0.3) is 0 Å². The summed E-state index contributed by atoms with van der Waals surface area (Å²) in [6, 6.07) is 2.36. The van der Waals surface area contributed by atoms with Crippen LogP contribution in [0.3, 0.4) is 0 Å². The molecule has 1 saturated carbocycles. The van der Waals surface area contributed by atoms with Gasteiger partial charge in [-0.05, 0) is 34.8 Å². The van der Waals surface area contributed by atoms with Crippen LogP contribution in [-0.2, 0) is 0 Å². The predicted molar refractivity (Wildman–Crippen MR) is 67.5 cm³/mol. The van der Waals surface area contributed by atoms with Crippen molar-refractivity contribution in [2.24, 2.45) is 0 Å². The van der Waals surface area contributed by atoms with Crippen molar-refractivity contribution in [3.05, 3.63) is 22.9 Å². The summed E-state index contributed by atoms with van der Waals surface area (Å²) in [6.07, 6.45) is 8.38. The summed E-state index contributed by atoms with van der Waals surface area (Å²) in [5, 5.41) is 3.73. The minimum Gasteiger partial charge on any atom is -0.380 e. The minimum absolute atomic E-state index is 0.249. The quantitative estimate of drug-likeness (QED) is 0.838. The summed E-state index contributed by atoms with van der Waals surface area (Å²) < 4.78 is 0.999. The SMILES string of the molecule is ClC1CCCCC1Nc1ccncc1Br. The van der Waals surface area contributed by atoms with Crippen molar-refractivity contribution in [2.45, 2.75) is 37.1 Å². The van der Waals surface area contributed by atoms with Crippen molar-refractivity contribution in [1.29, 1.82) is 0 Å². The zero-order valence-electron chi connectivity index (χ0n) is 8.42. The van der Waals surface area contributed by atoms with Gasteiger partial charge in [-0.25, -0.2) is 0 Å². The number of pyridine rings is 1. The van der Waals surface area contributed by atoms with E-state index in [0.717, 1.165) is 23.0 Å². The summed E-state index contributed by atoms with van der Waals surface area (Å²) in [5.74, 6) is 0. The van der Waals surface area contributed by atoms with Crippen molar-refractivity contribution in [3.8, 4) is 0 Å². The molecule has 2 atom stereocenters. The topological polar surface area (TPSA) is 24.9 Å². The van der Waals surface area contributed by atoms with Gasteiger partial charge in [0.2, 0.25) is 0 Å². The maximum Gasteiger partial charge on any atom is 0.0590 e. The molecular weight excluding hydrogens is 275 g/mol. The highest BCUT2D eigenvalue weighted by Gasteiger charge is 2.23. The Kier molecular flexibility index (Phi) is 3.87. The van der Waals surface area contributed by atoms with Gasteiger partial charge in [-0.15, -0.1) is 11.6 Å². The average Bonchev–Trinajstić information content (AvgIpc) is 2.24. The second kappa shape index (κ2) is 5.17. The highest BCUT2D eigenvalue weighted by Crippen LogP contribution is 2.28. The summed E-state index contributed by atoms with van der Waals surface area (Å²) in [5.41, 5.74) is 1.09. The van der Waals surface area contributed by atoms with E-state index >= 15 is 0 Å². The molecule has 0 aromatic carbocycles. The van der Waals surface area contributed by atoms with Crippen LogP contribution in [0.4, 0.5) is 5.69 Å². The van der Waals surface area contributed by atoms with E-state index in [1.807, 2.05) is 6.07 Å². The van der Waals surface area contributed by atoms with Crippen LogP contribution in [0, 0.1) is 0 Å². The Labute approximate surface area is 104 Å². The van der Waals surface area contributed by atoms with Crippen LogP contribution in [-0.4, -0.2) is 16.4 Å². The second-order valence-corrected chi connectivity index (χ2v) is 5.32. The number of anilines is 1. The molecule has 0 saturated heterocycles. The van der Waals surface area contributed by atoms with Gasteiger partial charge in [0.15, 0.2) is 0 Å². The molecule has 2 rings (SSSR count). The highest BCUT2D eigenvalue weighted by molar-refractivity contribution is 9.10. The molecule has 1 N–H and O–H groups in total.